The zero-order valence-electron chi connectivity index (χ0n) is 19.2. The number of aromatic hydroxyl groups is 1. The van der Waals surface area contributed by atoms with Gasteiger partial charge in [0.2, 0.25) is 0 Å². The van der Waals surface area contributed by atoms with Crippen LogP contribution in [0.3, 0.4) is 0 Å². The molecular weight excluding hydrogens is 452 g/mol. The second-order valence-corrected chi connectivity index (χ2v) is 8.66. The van der Waals surface area contributed by atoms with E-state index in [0.29, 0.717) is 33.8 Å². The molecule has 0 spiro atoms. The minimum atomic E-state index is -0.668. The SMILES string of the molecule is COC(=O)C1=C(C)NC(C)=C(C(=O)OC)C1c1cccc(-c2nc(-c3ccccc3O)cs2)c1. The summed E-state index contributed by atoms with van der Waals surface area (Å²) in [6, 6.07) is 14.6. The number of allylic oxidation sites excluding steroid dienone is 2. The first-order chi connectivity index (χ1) is 16.3. The van der Waals surface area contributed by atoms with Crippen LogP contribution in [0.15, 0.2) is 76.5 Å². The van der Waals surface area contributed by atoms with Crippen molar-refractivity contribution < 1.29 is 24.2 Å². The highest BCUT2D eigenvalue weighted by atomic mass is 32.1. The van der Waals surface area contributed by atoms with Crippen molar-refractivity contribution in [1.82, 2.24) is 10.3 Å². The zero-order valence-corrected chi connectivity index (χ0v) is 20.0. The molecule has 0 saturated heterocycles. The van der Waals surface area contributed by atoms with Crippen LogP contribution in [0.25, 0.3) is 21.8 Å². The molecular formula is C26H24N2O5S. The number of nitrogens with one attached hydrogen (secondary N) is 1. The number of hydrogen-bond acceptors (Lipinski definition) is 8. The quantitative estimate of drug-likeness (QED) is 0.512. The highest BCUT2D eigenvalue weighted by Gasteiger charge is 2.37. The van der Waals surface area contributed by atoms with Crippen LogP contribution in [0.2, 0.25) is 0 Å². The Morgan fingerprint density at radius 3 is 2.24 bits per heavy atom. The third kappa shape index (κ3) is 4.20. The number of carbonyl (C=O) groups is 2. The van der Waals surface area contributed by atoms with Gasteiger partial charge in [0.1, 0.15) is 10.8 Å². The first kappa shape index (κ1) is 23.3. The smallest absolute Gasteiger partial charge is 0.336 e. The lowest BCUT2D eigenvalue weighted by molar-refractivity contribution is -0.137. The summed E-state index contributed by atoms with van der Waals surface area (Å²) in [5, 5.41) is 15.9. The molecule has 7 nitrogen and oxygen atoms in total. The van der Waals surface area contributed by atoms with Crippen molar-refractivity contribution in [2.75, 3.05) is 14.2 Å². The molecule has 0 atom stereocenters. The number of esters is 2. The fraction of sp³-hybridized carbons (Fsp3) is 0.192. The first-order valence-electron chi connectivity index (χ1n) is 10.5. The van der Waals surface area contributed by atoms with E-state index in [1.54, 1.807) is 26.0 Å². The number of phenols is 1. The van der Waals surface area contributed by atoms with Crippen molar-refractivity contribution in [3.8, 4) is 27.6 Å². The molecule has 1 aliphatic heterocycles. The fourth-order valence-electron chi connectivity index (χ4n) is 4.16. The van der Waals surface area contributed by atoms with Crippen LogP contribution in [0, 0.1) is 0 Å². The Bertz CT molecular complexity index is 1300. The molecule has 0 fully saturated rings. The summed E-state index contributed by atoms with van der Waals surface area (Å²) in [5.41, 5.74) is 4.80. The summed E-state index contributed by atoms with van der Waals surface area (Å²) in [7, 11) is 2.63. The van der Waals surface area contributed by atoms with E-state index < -0.39 is 17.9 Å². The maximum Gasteiger partial charge on any atom is 0.336 e. The molecule has 1 aliphatic rings. The van der Waals surface area contributed by atoms with E-state index in [1.807, 2.05) is 41.8 Å². The van der Waals surface area contributed by atoms with Crippen molar-refractivity contribution in [2.24, 2.45) is 0 Å². The lowest BCUT2D eigenvalue weighted by atomic mass is 9.80. The van der Waals surface area contributed by atoms with Crippen molar-refractivity contribution >= 4 is 23.3 Å². The summed E-state index contributed by atoms with van der Waals surface area (Å²) < 4.78 is 10.1. The van der Waals surface area contributed by atoms with Crippen LogP contribution in [0.1, 0.15) is 25.3 Å². The third-order valence-corrected chi connectivity index (χ3v) is 6.61. The number of nitrogens with zero attached hydrogens (tertiary/aromatic N) is 1. The summed E-state index contributed by atoms with van der Waals surface area (Å²) in [5.74, 6) is -1.55. The van der Waals surface area contributed by atoms with Gasteiger partial charge in [-0.1, -0.05) is 30.3 Å². The van der Waals surface area contributed by atoms with E-state index in [9.17, 15) is 14.7 Å². The van der Waals surface area contributed by atoms with Gasteiger partial charge >= 0.3 is 11.9 Å². The number of aromatic nitrogens is 1. The number of rotatable bonds is 5. The summed E-state index contributed by atoms with van der Waals surface area (Å²) in [6.45, 7) is 3.56. The number of carbonyl (C=O) groups excluding carboxylic acids is 2. The molecule has 3 aromatic rings. The Labute approximate surface area is 201 Å². The van der Waals surface area contributed by atoms with E-state index in [2.05, 4.69) is 5.32 Å². The molecule has 1 aromatic heterocycles. The number of para-hydroxylation sites is 1. The van der Waals surface area contributed by atoms with Crippen molar-refractivity contribution in [3.05, 3.63) is 82.0 Å². The molecule has 174 valence electrons. The van der Waals surface area contributed by atoms with E-state index in [-0.39, 0.29) is 5.75 Å². The molecule has 2 heterocycles. The molecule has 0 amide bonds. The van der Waals surface area contributed by atoms with Crippen molar-refractivity contribution in [2.45, 2.75) is 19.8 Å². The van der Waals surface area contributed by atoms with E-state index in [0.717, 1.165) is 16.1 Å². The molecule has 2 N–H and O–H groups in total. The number of methoxy groups -OCH3 is 2. The minimum absolute atomic E-state index is 0.162. The van der Waals surface area contributed by atoms with Crippen LogP contribution in [-0.4, -0.2) is 36.2 Å². The van der Waals surface area contributed by atoms with Gasteiger partial charge in [0.25, 0.3) is 0 Å². The maximum absolute atomic E-state index is 12.7. The van der Waals surface area contributed by atoms with E-state index in [1.165, 1.54) is 25.6 Å². The second-order valence-electron chi connectivity index (χ2n) is 7.80. The number of benzene rings is 2. The number of dihydropyridines is 1. The minimum Gasteiger partial charge on any atom is -0.507 e. The van der Waals surface area contributed by atoms with Crippen LogP contribution < -0.4 is 5.32 Å². The average molecular weight is 477 g/mol. The Kier molecular flexibility index (Phi) is 6.51. The average Bonchev–Trinajstić information content (AvgIpc) is 3.33. The van der Waals surface area contributed by atoms with Gasteiger partial charge < -0.3 is 19.9 Å². The molecule has 0 unspecified atom stereocenters. The lowest BCUT2D eigenvalue weighted by Gasteiger charge is -2.30. The number of phenolic OH excluding ortho intramolecular Hbond substituents is 1. The van der Waals surface area contributed by atoms with E-state index >= 15 is 0 Å². The zero-order chi connectivity index (χ0) is 24.4. The summed E-state index contributed by atoms with van der Waals surface area (Å²) >= 11 is 1.44. The molecule has 4 rings (SSSR count). The van der Waals surface area contributed by atoms with Crippen molar-refractivity contribution in [3.63, 3.8) is 0 Å². The van der Waals surface area contributed by atoms with Crippen LogP contribution in [0.4, 0.5) is 0 Å². The van der Waals surface area contributed by atoms with Crippen LogP contribution in [-0.2, 0) is 19.1 Å². The molecule has 34 heavy (non-hydrogen) atoms. The maximum atomic E-state index is 12.7. The van der Waals surface area contributed by atoms with Gasteiger partial charge in [-0.05, 0) is 37.6 Å². The first-order valence-corrected chi connectivity index (χ1v) is 11.4. The highest BCUT2D eigenvalue weighted by molar-refractivity contribution is 7.13. The highest BCUT2D eigenvalue weighted by Crippen LogP contribution is 2.41. The predicted molar refractivity (Wildman–Crippen MR) is 130 cm³/mol. The number of ether oxygens (including phenoxy) is 2. The topological polar surface area (TPSA) is 97.8 Å². The molecule has 8 heteroatoms. The predicted octanol–water partition coefficient (Wildman–Crippen LogP) is 4.76. The van der Waals surface area contributed by atoms with Gasteiger partial charge in [0, 0.05) is 27.9 Å². The molecule has 2 aromatic carbocycles. The lowest BCUT2D eigenvalue weighted by Crippen LogP contribution is -2.32. The summed E-state index contributed by atoms with van der Waals surface area (Å²) in [6.07, 6.45) is 0. The van der Waals surface area contributed by atoms with Gasteiger partial charge in [-0.2, -0.15) is 0 Å². The van der Waals surface area contributed by atoms with Crippen LogP contribution >= 0.6 is 11.3 Å². The summed E-state index contributed by atoms with van der Waals surface area (Å²) in [4.78, 5) is 30.2. The Hall–Kier alpha value is -3.91. The Morgan fingerprint density at radius 1 is 0.971 bits per heavy atom. The van der Waals surface area contributed by atoms with Gasteiger partial charge in [0.05, 0.1) is 37.0 Å². The van der Waals surface area contributed by atoms with Gasteiger partial charge in [0.15, 0.2) is 0 Å². The molecule has 0 bridgehead atoms. The monoisotopic (exact) mass is 476 g/mol. The molecule has 0 saturated carbocycles. The molecule has 0 aliphatic carbocycles. The fourth-order valence-corrected chi connectivity index (χ4v) is 4.98. The van der Waals surface area contributed by atoms with Gasteiger partial charge in [-0.15, -0.1) is 11.3 Å². The normalized spacial score (nSPS) is 14.1. The van der Waals surface area contributed by atoms with E-state index in [4.69, 9.17) is 14.5 Å². The Morgan fingerprint density at radius 2 is 1.62 bits per heavy atom. The number of thiazole rings is 1. The standard InChI is InChI=1S/C26H24N2O5S/c1-14-21(25(30)32-3)23(22(15(2)27-14)26(31)33-4)16-8-7-9-17(12-16)24-28-19(13-34-24)18-10-5-6-11-20(18)29/h5-13,23,27,29H,1-4H3. The number of hydrogen-bond donors (Lipinski definition) is 2. The molecule has 0 radical (unpaired) electrons. The second kappa shape index (κ2) is 9.52. The van der Waals surface area contributed by atoms with Crippen LogP contribution in [0.5, 0.6) is 5.75 Å². The third-order valence-electron chi connectivity index (χ3n) is 5.72. The van der Waals surface area contributed by atoms with Gasteiger partial charge in [-0.25, -0.2) is 14.6 Å². The van der Waals surface area contributed by atoms with Crippen molar-refractivity contribution in [1.29, 1.82) is 0 Å². The largest absolute Gasteiger partial charge is 0.507 e. The van der Waals surface area contributed by atoms with Gasteiger partial charge in [-0.3, -0.25) is 0 Å². The Balaban J connectivity index is 1.81.